The van der Waals surface area contributed by atoms with E-state index < -0.39 is 0 Å². The molecule has 0 aromatic heterocycles. The largest absolute Gasteiger partial charge is 0.306 e. The van der Waals surface area contributed by atoms with Crippen LogP contribution in [0.25, 0.3) is 0 Å². The van der Waals surface area contributed by atoms with Crippen LogP contribution in [-0.2, 0) is 11.8 Å². The van der Waals surface area contributed by atoms with Gasteiger partial charge < -0.3 is 4.90 Å². The summed E-state index contributed by atoms with van der Waals surface area (Å²) >= 11 is 0. The van der Waals surface area contributed by atoms with Crippen LogP contribution in [0.15, 0.2) is 60.7 Å². The number of hydrogen-bond acceptors (Lipinski definition) is 2. The summed E-state index contributed by atoms with van der Waals surface area (Å²) in [5, 5.41) is 9.95. The molecule has 0 heterocycles. The van der Waals surface area contributed by atoms with E-state index in [2.05, 4.69) is 74.3 Å². The van der Waals surface area contributed by atoms with Crippen LogP contribution in [-0.4, -0.2) is 25.0 Å². The highest BCUT2D eigenvalue weighted by atomic mass is 35.5. The van der Waals surface area contributed by atoms with E-state index in [0.717, 1.165) is 37.9 Å². The number of nitrogens with zero attached hydrogens (tertiary/aromatic N) is 2. The van der Waals surface area contributed by atoms with E-state index in [4.69, 9.17) is 0 Å². The molecule has 0 fully saturated rings. The lowest BCUT2D eigenvalue weighted by Crippen LogP contribution is -2.32. The maximum atomic E-state index is 9.95. The van der Waals surface area contributed by atoms with Gasteiger partial charge in [0.15, 0.2) is 0 Å². The lowest BCUT2D eigenvalue weighted by Gasteiger charge is -2.32. The molecule has 0 bridgehead atoms. The van der Waals surface area contributed by atoms with Crippen molar-refractivity contribution in [3.8, 4) is 6.07 Å². The standard InChI is InChI=1S/C23H30N2.ClH/c1-20(2)23(19-24,22-13-8-5-9-14-22)16-10-17-25(3)18-15-21-11-6-4-7-12-21;/h4-9,11-14,20H,10,15-18H2,1-3H3;1H/t23-;/m0./s1. The van der Waals surface area contributed by atoms with Crippen LogP contribution in [0.3, 0.4) is 0 Å². The molecule has 0 N–H and O–H groups in total. The second kappa shape index (κ2) is 11.0. The Labute approximate surface area is 165 Å². The Balaban J connectivity index is 0.00000338. The van der Waals surface area contributed by atoms with Crippen LogP contribution in [0, 0.1) is 17.2 Å². The fourth-order valence-corrected chi connectivity index (χ4v) is 3.46. The van der Waals surface area contributed by atoms with E-state index in [1.54, 1.807) is 0 Å². The Morgan fingerprint density at radius 1 is 0.962 bits per heavy atom. The highest BCUT2D eigenvalue weighted by Crippen LogP contribution is 2.36. The molecular weight excluding hydrogens is 340 g/mol. The summed E-state index contributed by atoms with van der Waals surface area (Å²) in [5.41, 5.74) is 2.15. The van der Waals surface area contributed by atoms with Crippen molar-refractivity contribution in [2.75, 3.05) is 20.1 Å². The van der Waals surface area contributed by atoms with Gasteiger partial charge in [0.25, 0.3) is 0 Å². The van der Waals surface area contributed by atoms with Crippen LogP contribution in [0.2, 0.25) is 0 Å². The van der Waals surface area contributed by atoms with Gasteiger partial charge >= 0.3 is 0 Å². The molecule has 2 aromatic rings. The van der Waals surface area contributed by atoms with E-state index >= 15 is 0 Å². The summed E-state index contributed by atoms with van der Waals surface area (Å²) in [5.74, 6) is 0.300. The molecular formula is C23H31ClN2. The van der Waals surface area contributed by atoms with Crippen LogP contribution < -0.4 is 0 Å². The Bertz CT molecular complexity index is 664. The molecule has 3 heteroatoms. The molecule has 0 spiro atoms. The van der Waals surface area contributed by atoms with Crippen molar-refractivity contribution in [1.82, 2.24) is 4.90 Å². The summed E-state index contributed by atoms with van der Waals surface area (Å²) in [6.45, 7) is 6.40. The van der Waals surface area contributed by atoms with Gasteiger partial charge in [0.2, 0.25) is 0 Å². The molecule has 0 aliphatic heterocycles. The SMILES string of the molecule is CC(C)[C@@](C#N)(CCCN(C)CCc1ccccc1)c1ccccc1.Cl. The van der Waals surface area contributed by atoms with Gasteiger partial charge in [-0.05, 0) is 49.9 Å². The maximum absolute atomic E-state index is 9.95. The lowest BCUT2D eigenvalue weighted by molar-refractivity contribution is 0.294. The zero-order chi connectivity index (χ0) is 18.1. The Hall–Kier alpha value is -1.82. The van der Waals surface area contributed by atoms with Crippen molar-refractivity contribution in [3.05, 3.63) is 71.8 Å². The zero-order valence-electron chi connectivity index (χ0n) is 16.2. The van der Waals surface area contributed by atoms with Crippen LogP contribution in [0.1, 0.15) is 37.8 Å². The molecule has 0 aliphatic rings. The van der Waals surface area contributed by atoms with Gasteiger partial charge in [-0.1, -0.05) is 74.5 Å². The summed E-state index contributed by atoms with van der Waals surface area (Å²) in [7, 11) is 2.18. The van der Waals surface area contributed by atoms with Gasteiger partial charge in [-0.2, -0.15) is 5.26 Å². The number of benzene rings is 2. The van der Waals surface area contributed by atoms with E-state index in [1.807, 2.05) is 18.2 Å². The predicted molar refractivity (Wildman–Crippen MR) is 113 cm³/mol. The minimum Gasteiger partial charge on any atom is -0.306 e. The monoisotopic (exact) mass is 370 g/mol. The molecule has 2 aromatic carbocycles. The third-order valence-electron chi connectivity index (χ3n) is 5.21. The normalized spacial score (nSPS) is 13.1. The average molecular weight is 371 g/mol. The molecule has 0 amide bonds. The average Bonchev–Trinajstić information content (AvgIpc) is 2.65. The van der Waals surface area contributed by atoms with Crippen LogP contribution in [0.5, 0.6) is 0 Å². The van der Waals surface area contributed by atoms with E-state index in [1.165, 1.54) is 5.56 Å². The lowest BCUT2D eigenvalue weighted by atomic mass is 9.70. The highest BCUT2D eigenvalue weighted by Gasteiger charge is 2.35. The third-order valence-corrected chi connectivity index (χ3v) is 5.21. The first-order chi connectivity index (χ1) is 12.1. The summed E-state index contributed by atoms with van der Waals surface area (Å²) in [6, 6.07) is 23.6. The number of hydrogen-bond donors (Lipinski definition) is 0. The number of halogens is 1. The molecule has 0 unspecified atom stereocenters. The number of nitriles is 1. The molecule has 0 aliphatic carbocycles. The molecule has 140 valence electrons. The van der Waals surface area contributed by atoms with Crippen molar-refractivity contribution < 1.29 is 0 Å². The minimum absolute atomic E-state index is 0. The fourth-order valence-electron chi connectivity index (χ4n) is 3.46. The van der Waals surface area contributed by atoms with Gasteiger partial charge in [0.1, 0.15) is 0 Å². The highest BCUT2D eigenvalue weighted by molar-refractivity contribution is 5.85. The third kappa shape index (κ3) is 5.87. The first-order valence-corrected chi connectivity index (χ1v) is 9.28. The van der Waals surface area contributed by atoms with Crippen molar-refractivity contribution in [2.24, 2.45) is 5.92 Å². The summed E-state index contributed by atoms with van der Waals surface area (Å²) in [4.78, 5) is 2.38. The fraction of sp³-hybridized carbons (Fsp3) is 0.435. The van der Waals surface area contributed by atoms with E-state index in [0.29, 0.717) is 5.92 Å². The van der Waals surface area contributed by atoms with Gasteiger partial charge in [0.05, 0.1) is 11.5 Å². The van der Waals surface area contributed by atoms with Crippen LogP contribution in [0.4, 0.5) is 0 Å². The van der Waals surface area contributed by atoms with Crippen molar-refractivity contribution >= 4 is 12.4 Å². The van der Waals surface area contributed by atoms with Crippen molar-refractivity contribution in [3.63, 3.8) is 0 Å². The first kappa shape index (κ1) is 22.2. The van der Waals surface area contributed by atoms with Crippen molar-refractivity contribution in [1.29, 1.82) is 5.26 Å². The Morgan fingerprint density at radius 2 is 1.54 bits per heavy atom. The quantitative estimate of drug-likeness (QED) is 0.584. The zero-order valence-corrected chi connectivity index (χ0v) is 17.0. The first-order valence-electron chi connectivity index (χ1n) is 9.28. The molecule has 0 saturated carbocycles. The summed E-state index contributed by atoms with van der Waals surface area (Å²) in [6.07, 6.45) is 3.01. The topological polar surface area (TPSA) is 27.0 Å². The summed E-state index contributed by atoms with van der Waals surface area (Å²) < 4.78 is 0. The van der Waals surface area contributed by atoms with Crippen LogP contribution >= 0.6 is 12.4 Å². The second-order valence-electron chi connectivity index (χ2n) is 7.25. The molecule has 2 rings (SSSR count). The van der Waals surface area contributed by atoms with Gasteiger partial charge in [-0.25, -0.2) is 0 Å². The molecule has 0 radical (unpaired) electrons. The Kier molecular flexibility index (Phi) is 9.41. The Morgan fingerprint density at radius 3 is 2.08 bits per heavy atom. The molecule has 1 atom stereocenters. The van der Waals surface area contributed by atoms with Crippen molar-refractivity contribution in [2.45, 2.75) is 38.5 Å². The molecule has 26 heavy (non-hydrogen) atoms. The molecule has 2 nitrogen and oxygen atoms in total. The second-order valence-corrected chi connectivity index (χ2v) is 7.25. The predicted octanol–water partition coefficient (Wildman–Crippen LogP) is 5.48. The minimum atomic E-state index is -0.387. The molecule has 0 saturated heterocycles. The van der Waals surface area contributed by atoms with Gasteiger partial charge in [-0.3, -0.25) is 0 Å². The number of likely N-dealkylation sites (N-methyl/N-ethyl adjacent to an activating group) is 1. The van der Waals surface area contributed by atoms with E-state index in [9.17, 15) is 5.26 Å². The van der Waals surface area contributed by atoms with Gasteiger partial charge in [0, 0.05) is 6.54 Å². The van der Waals surface area contributed by atoms with E-state index in [-0.39, 0.29) is 17.8 Å². The van der Waals surface area contributed by atoms with Gasteiger partial charge in [-0.15, -0.1) is 12.4 Å². The maximum Gasteiger partial charge on any atom is 0.0845 e. The smallest absolute Gasteiger partial charge is 0.0845 e. The number of rotatable bonds is 9.